The van der Waals surface area contributed by atoms with Crippen LogP contribution in [-0.4, -0.2) is 46.0 Å². The highest BCUT2D eigenvalue weighted by Gasteiger charge is 2.68. The number of carbonyl (C=O) groups excluding carboxylic acids is 2. The molecule has 0 aliphatic carbocycles. The van der Waals surface area contributed by atoms with Gasteiger partial charge in [0.15, 0.2) is 9.84 Å². The molecule has 96 valence electrons. The van der Waals surface area contributed by atoms with Crippen LogP contribution in [0.15, 0.2) is 0 Å². The standard InChI is InChI=1S/C9H12INO5S/c1-9(2)7(8(13)16-4-10)11-5(12)3-6(11)17(9,14)15/h6-7H,3-4H2,1-2H3/t6?,7-/m1/s1. The highest BCUT2D eigenvalue weighted by molar-refractivity contribution is 14.1. The summed E-state index contributed by atoms with van der Waals surface area (Å²) in [6, 6.07) is -1.02. The minimum absolute atomic E-state index is 0.0280. The molecule has 1 amide bonds. The minimum Gasteiger partial charge on any atom is -0.453 e. The Morgan fingerprint density at radius 2 is 2.18 bits per heavy atom. The van der Waals surface area contributed by atoms with Crippen LogP contribution in [-0.2, 0) is 24.2 Å². The van der Waals surface area contributed by atoms with Gasteiger partial charge in [-0.15, -0.1) is 0 Å². The minimum atomic E-state index is -3.51. The van der Waals surface area contributed by atoms with Gasteiger partial charge < -0.3 is 9.64 Å². The summed E-state index contributed by atoms with van der Waals surface area (Å²) in [7, 11) is -3.51. The first-order valence-electron chi connectivity index (χ1n) is 5.02. The highest BCUT2D eigenvalue weighted by Crippen LogP contribution is 2.45. The zero-order chi connectivity index (χ0) is 13.0. The Morgan fingerprint density at radius 1 is 1.59 bits per heavy atom. The molecule has 0 bridgehead atoms. The molecule has 0 aromatic carbocycles. The maximum absolute atomic E-state index is 12.1. The Hall–Kier alpha value is -0.380. The number of halogens is 1. The van der Waals surface area contributed by atoms with Gasteiger partial charge in [-0.25, -0.2) is 13.2 Å². The number of sulfone groups is 1. The summed E-state index contributed by atoms with van der Waals surface area (Å²) in [5.41, 5.74) is 0. The SMILES string of the molecule is CC1(C)[C@@H](C(=O)OCI)N2C(=O)CC2S1(=O)=O. The lowest BCUT2D eigenvalue weighted by Gasteiger charge is -2.36. The molecule has 2 rings (SSSR count). The Bertz CT molecular complexity index is 486. The van der Waals surface area contributed by atoms with E-state index >= 15 is 0 Å². The number of fused-ring (bicyclic) bond motifs is 1. The number of rotatable bonds is 2. The monoisotopic (exact) mass is 373 g/mol. The lowest BCUT2D eigenvalue weighted by Crippen LogP contribution is -2.57. The summed E-state index contributed by atoms with van der Waals surface area (Å²) in [6.07, 6.45) is -0.0280. The van der Waals surface area contributed by atoms with Gasteiger partial charge in [-0.05, 0) is 36.4 Å². The average Bonchev–Trinajstić information content (AvgIpc) is 2.32. The van der Waals surface area contributed by atoms with Crippen molar-refractivity contribution in [3.05, 3.63) is 0 Å². The van der Waals surface area contributed by atoms with Gasteiger partial charge >= 0.3 is 5.97 Å². The highest BCUT2D eigenvalue weighted by atomic mass is 127. The van der Waals surface area contributed by atoms with Gasteiger partial charge in [-0.1, -0.05) is 0 Å². The second-order valence-corrected chi connectivity index (χ2v) is 7.89. The van der Waals surface area contributed by atoms with E-state index in [2.05, 4.69) is 0 Å². The molecule has 17 heavy (non-hydrogen) atoms. The number of alkyl halides is 1. The molecule has 0 saturated carbocycles. The van der Waals surface area contributed by atoms with Crippen molar-refractivity contribution in [3.8, 4) is 0 Å². The molecule has 0 radical (unpaired) electrons. The van der Waals surface area contributed by atoms with E-state index < -0.39 is 32.0 Å². The predicted octanol–water partition coefficient (Wildman–Crippen LogP) is 0.0561. The van der Waals surface area contributed by atoms with Crippen LogP contribution in [0.1, 0.15) is 20.3 Å². The maximum Gasteiger partial charge on any atom is 0.331 e. The number of β-lactam (4-membered cyclic amide) rings is 1. The topological polar surface area (TPSA) is 80.8 Å². The van der Waals surface area contributed by atoms with Crippen molar-refractivity contribution in [2.45, 2.75) is 36.4 Å². The lowest BCUT2D eigenvalue weighted by molar-refractivity contribution is -0.159. The first-order valence-corrected chi connectivity index (χ1v) is 8.09. The first-order chi connectivity index (χ1) is 7.75. The normalized spacial score (nSPS) is 32.9. The number of nitrogens with zero attached hydrogens (tertiary/aromatic N) is 1. The second-order valence-electron chi connectivity index (χ2n) is 4.58. The largest absolute Gasteiger partial charge is 0.453 e. The first kappa shape index (κ1) is 13.1. The fourth-order valence-corrected chi connectivity index (χ4v) is 4.77. The maximum atomic E-state index is 12.1. The molecule has 8 heteroatoms. The van der Waals surface area contributed by atoms with E-state index in [1.807, 2.05) is 22.6 Å². The van der Waals surface area contributed by atoms with Gasteiger partial charge in [-0.2, -0.15) is 0 Å². The summed E-state index contributed by atoms with van der Waals surface area (Å²) in [5.74, 6) is -0.955. The summed E-state index contributed by atoms with van der Waals surface area (Å²) >= 11 is 1.85. The van der Waals surface area contributed by atoms with Crippen molar-refractivity contribution in [1.29, 1.82) is 0 Å². The van der Waals surface area contributed by atoms with Crippen LogP contribution < -0.4 is 0 Å². The molecule has 2 aliphatic rings. The molecule has 2 atom stereocenters. The van der Waals surface area contributed by atoms with Crippen molar-refractivity contribution in [2.24, 2.45) is 0 Å². The van der Waals surface area contributed by atoms with Crippen molar-refractivity contribution in [1.82, 2.24) is 4.90 Å². The van der Waals surface area contributed by atoms with Gasteiger partial charge in [0.1, 0.15) is 16.0 Å². The van der Waals surface area contributed by atoms with E-state index in [-0.39, 0.29) is 16.9 Å². The molecule has 2 aliphatic heterocycles. The van der Waals surface area contributed by atoms with Crippen molar-refractivity contribution >= 4 is 44.3 Å². The van der Waals surface area contributed by atoms with Crippen LogP contribution in [0.25, 0.3) is 0 Å². The number of hydrogen-bond acceptors (Lipinski definition) is 5. The Morgan fingerprint density at radius 3 is 2.65 bits per heavy atom. The van der Waals surface area contributed by atoms with Crippen molar-refractivity contribution in [3.63, 3.8) is 0 Å². The lowest BCUT2D eigenvalue weighted by atomic mass is 9.98. The molecule has 1 unspecified atom stereocenters. The van der Waals surface area contributed by atoms with Crippen LogP contribution in [0.2, 0.25) is 0 Å². The predicted molar refractivity (Wildman–Crippen MR) is 67.0 cm³/mol. The summed E-state index contributed by atoms with van der Waals surface area (Å²) in [6.45, 7) is 2.93. The van der Waals surface area contributed by atoms with E-state index in [0.717, 1.165) is 4.90 Å². The van der Waals surface area contributed by atoms with Gasteiger partial charge in [0.25, 0.3) is 0 Å². The molecular weight excluding hydrogens is 361 g/mol. The van der Waals surface area contributed by atoms with Crippen molar-refractivity contribution in [2.75, 3.05) is 4.61 Å². The van der Waals surface area contributed by atoms with Gasteiger partial charge in [0, 0.05) is 0 Å². The van der Waals surface area contributed by atoms with Crippen LogP contribution in [0.4, 0.5) is 0 Å². The van der Waals surface area contributed by atoms with Gasteiger partial charge in [0.2, 0.25) is 5.91 Å². The Balaban J connectivity index is 2.44. The number of hydrogen-bond donors (Lipinski definition) is 0. The average molecular weight is 373 g/mol. The molecule has 0 aromatic heterocycles. The summed E-state index contributed by atoms with van der Waals surface area (Å²) in [5, 5.41) is -0.850. The number of carbonyl (C=O) groups is 2. The van der Waals surface area contributed by atoms with Gasteiger partial charge in [-0.3, -0.25) is 4.79 Å². The molecule has 0 spiro atoms. The molecule has 6 nitrogen and oxygen atoms in total. The molecule has 2 heterocycles. The number of esters is 1. The molecular formula is C9H12INO5S. The van der Waals surface area contributed by atoms with Gasteiger partial charge in [0.05, 0.1) is 11.2 Å². The van der Waals surface area contributed by atoms with Crippen LogP contribution >= 0.6 is 22.6 Å². The third kappa shape index (κ3) is 1.52. The summed E-state index contributed by atoms with van der Waals surface area (Å²) in [4.78, 5) is 24.4. The third-order valence-electron chi connectivity index (χ3n) is 3.40. The zero-order valence-electron chi connectivity index (χ0n) is 9.34. The fourth-order valence-electron chi connectivity index (χ4n) is 2.34. The quantitative estimate of drug-likeness (QED) is 0.296. The Labute approximate surface area is 113 Å². The van der Waals surface area contributed by atoms with Crippen LogP contribution in [0.5, 0.6) is 0 Å². The Kier molecular flexibility index (Phi) is 2.92. The van der Waals surface area contributed by atoms with Crippen LogP contribution in [0.3, 0.4) is 0 Å². The molecule has 2 fully saturated rings. The van der Waals surface area contributed by atoms with E-state index in [4.69, 9.17) is 4.74 Å². The molecule has 0 aromatic rings. The number of amides is 1. The van der Waals surface area contributed by atoms with Crippen LogP contribution in [0, 0.1) is 0 Å². The number of ether oxygens (including phenoxy) is 1. The van der Waals surface area contributed by atoms with E-state index in [9.17, 15) is 18.0 Å². The third-order valence-corrected chi connectivity index (χ3v) is 6.51. The summed E-state index contributed by atoms with van der Waals surface area (Å²) < 4.78 is 28.0. The van der Waals surface area contributed by atoms with E-state index in [1.165, 1.54) is 13.8 Å². The molecule has 2 saturated heterocycles. The smallest absolute Gasteiger partial charge is 0.331 e. The zero-order valence-corrected chi connectivity index (χ0v) is 12.3. The van der Waals surface area contributed by atoms with E-state index in [1.54, 1.807) is 0 Å². The second kappa shape index (κ2) is 3.81. The fraction of sp³-hybridized carbons (Fsp3) is 0.778. The van der Waals surface area contributed by atoms with E-state index in [0.29, 0.717) is 0 Å². The molecule has 0 N–H and O–H groups in total. The van der Waals surface area contributed by atoms with Crippen molar-refractivity contribution < 1.29 is 22.7 Å².